The molecule has 2 aromatic rings. The van der Waals surface area contributed by atoms with E-state index in [0.29, 0.717) is 0 Å². The number of carbonyl (C=O) groups excluding carboxylic acids is 1. The highest BCUT2D eigenvalue weighted by Gasteiger charge is 2.43. The fourth-order valence-electron chi connectivity index (χ4n) is 4.02. The lowest BCUT2D eigenvalue weighted by atomic mass is 9.77. The highest BCUT2D eigenvalue weighted by molar-refractivity contribution is 6.27. The Morgan fingerprint density at radius 3 is 2.39 bits per heavy atom. The molecule has 2 aliphatic rings. The maximum Gasteiger partial charge on any atom is 0.258 e. The molecule has 1 saturated carbocycles. The van der Waals surface area contributed by atoms with Crippen LogP contribution in [0.3, 0.4) is 0 Å². The first-order valence-electron chi connectivity index (χ1n) is 9.25. The minimum Gasteiger partial charge on any atom is -0.272 e. The van der Waals surface area contributed by atoms with Crippen LogP contribution in [0.2, 0.25) is 0 Å². The van der Waals surface area contributed by atoms with Gasteiger partial charge >= 0.3 is 0 Å². The number of hydrogen-bond donors (Lipinski definition) is 0. The van der Waals surface area contributed by atoms with Gasteiger partial charge in [-0.05, 0) is 66.3 Å². The van der Waals surface area contributed by atoms with Gasteiger partial charge in [0.25, 0.3) is 5.91 Å². The lowest BCUT2D eigenvalue weighted by Crippen LogP contribution is -2.32. The second-order valence-corrected chi connectivity index (χ2v) is 7.34. The number of benzene rings is 2. The molecule has 0 N–H and O–H groups in total. The van der Waals surface area contributed by atoms with E-state index < -0.39 is 0 Å². The zero-order chi connectivity index (χ0) is 19.7. The molecule has 4 rings (SSSR count). The van der Waals surface area contributed by atoms with Gasteiger partial charge in [-0.25, -0.2) is 13.8 Å². The highest BCUT2D eigenvalue weighted by atomic mass is 35.5. The summed E-state index contributed by atoms with van der Waals surface area (Å²) in [4.78, 5) is 12.5. The number of amides is 1. The second-order valence-electron chi connectivity index (χ2n) is 7.07. The van der Waals surface area contributed by atoms with E-state index in [4.69, 9.17) is 11.6 Å². The molecule has 28 heavy (non-hydrogen) atoms. The number of carbonyl (C=O) groups is 1. The Morgan fingerprint density at radius 1 is 1.11 bits per heavy atom. The predicted molar refractivity (Wildman–Crippen MR) is 106 cm³/mol. The quantitative estimate of drug-likeness (QED) is 0.641. The first-order valence-corrected chi connectivity index (χ1v) is 9.79. The van der Waals surface area contributed by atoms with Gasteiger partial charge in [-0.15, -0.1) is 11.6 Å². The number of allylic oxidation sites excluding steroid dienone is 1. The van der Waals surface area contributed by atoms with Crippen molar-refractivity contribution in [3.63, 3.8) is 0 Å². The summed E-state index contributed by atoms with van der Waals surface area (Å²) in [5, 5.41) is 6.08. The van der Waals surface area contributed by atoms with E-state index in [1.165, 1.54) is 29.3 Å². The Balaban J connectivity index is 1.73. The second kappa shape index (κ2) is 7.84. The van der Waals surface area contributed by atoms with Gasteiger partial charge in [-0.3, -0.25) is 4.79 Å². The van der Waals surface area contributed by atoms with Gasteiger partial charge in [0.15, 0.2) is 0 Å². The van der Waals surface area contributed by atoms with E-state index in [1.54, 1.807) is 24.3 Å². The first-order chi connectivity index (χ1) is 13.6. The van der Waals surface area contributed by atoms with Gasteiger partial charge in [0.1, 0.15) is 17.5 Å². The van der Waals surface area contributed by atoms with Gasteiger partial charge in [0.05, 0.1) is 11.8 Å². The molecule has 2 unspecified atom stereocenters. The summed E-state index contributed by atoms with van der Waals surface area (Å²) >= 11 is 5.82. The number of halogens is 3. The number of alkyl halides is 1. The molecule has 2 atom stereocenters. The van der Waals surface area contributed by atoms with Crippen molar-refractivity contribution < 1.29 is 13.6 Å². The maximum atomic E-state index is 13.4. The molecule has 0 radical (unpaired) electrons. The van der Waals surface area contributed by atoms with Crippen LogP contribution in [-0.4, -0.2) is 22.5 Å². The molecule has 2 aromatic carbocycles. The van der Waals surface area contributed by atoms with E-state index in [2.05, 4.69) is 5.10 Å². The minimum atomic E-state index is -0.321. The minimum absolute atomic E-state index is 0.0260. The number of fused-ring (bicyclic) bond motifs is 1. The zero-order valence-corrected chi connectivity index (χ0v) is 15.9. The third-order valence-electron chi connectivity index (χ3n) is 5.29. The lowest BCUT2D eigenvalue weighted by molar-refractivity contribution is -0.130. The molecule has 0 aromatic heterocycles. The number of rotatable bonds is 3. The first kappa shape index (κ1) is 18.8. The van der Waals surface area contributed by atoms with E-state index in [9.17, 15) is 13.6 Å². The van der Waals surface area contributed by atoms with Crippen molar-refractivity contribution in [2.45, 2.75) is 25.3 Å². The molecule has 0 bridgehead atoms. The number of hydrogen-bond acceptors (Lipinski definition) is 2. The SMILES string of the molecule is O=C(CCl)N1N=C2/C(=C\c3ccc(F)cc3)CCCC2C1c1ccc(F)cc1. The third-order valence-corrected chi connectivity index (χ3v) is 5.52. The molecule has 1 amide bonds. The molecule has 1 aliphatic carbocycles. The summed E-state index contributed by atoms with van der Waals surface area (Å²) in [6, 6.07) is 12.2. The Labute approximate surface area is 167 Å². The number of nitrogens with zero attached hydrogens (tertiary/aromatic N) is 2. The fraction of sp³-hybridized carbons (Fsp3) is 0.273. The smallest absolute Gasteiger partial charge is 0.258 e. The van der Waals surface area contributed by atoms with Crippen molar-refractivity contribution in [3.05, 3.63) is 76.9 Å². The molecule has 1 fully saturated rings. The summed E-state index contributed by atoms with van der Waals surface area (Å²) in [6.07, 6.45) is 4.68. The normalized spacial score (nSPS) is 22.9. The van der Waals surface area contributed by atoms with Crippen molar-refractivity contribution in [2.75, 3.05) is 5.88 Å². The van der Waals surface area contributed by atoms with Gasteiger partial charge in [0, 0.05) is 5.92 Å². The average Bonchev–Trinajstić information content (AvgIpc) is 3.10. The Morgan fingerprint density at radius 2 is 1.75 bits per heavy atom. The molecule has 3 nitrogen and oxygen atoms in total. The molecule has 1 aliphatic heterocycles. The van der Waals surface area contributed by atoms with E-state index in [1.807, 2.05) is 6.08 Å². The maximum absolute atomic E-state index is 13.4. The monoisotopic (exact) mass is 400 g/mol. The number of hydrazone groups is 1. The van der Waals surface area contributed by atoms with Gasteiger partial charge in [-0.1, -0.05) is 24.3 Å². The standard InChI is InChI=1S/C22H19ClF2N2O/c23-13-20(28)27-22(15-6-10-18(25)11-7-15)19-3-1-2-16(21(19)26-27)12-14-4-8-17(24)9-5-14/h4-12,19,22H,1-3,13H2/b16-12-. The molecular weight excluding hydrogens is 382 g/mol. The molecule has 0 spiro atoms. The van der Waals surface area contributed by atoms with Crippen LogP contribution in [0.4, 0.5) is 8.78 Å². The van der Waals surface area contributed by atoms with Crippen LogP contribution in [0.15, 0.2) is 59.2 Å². The van der Waals surface area contributed by atoms with Crippen molar-refractivity contribution in [1.29, 1.82) is 0 Å². The van der Waals surface area contributed by atoms with Gasteiger partial charge in [-0.2, -0.15) is 5.10 Å². The van der Waals surface area contributed by atoms with Crippen LogP contribution in [0.5, 0.6) is 0 Å². The van der Waals surface area contributed by atoms with E-state index >= 15 is 0 Å². The van der Waals surface area contributed by atoms with Crippen molar-refractivity contribution >= 4 is 29.3 Å². The van der Waals surface area contributed by atoms with Crippen molar-refractivity contribution in [2.24, 2.45) is 11.0 Å². The van der Waals surface area contributed by atoms with Crippen LogP contribution in [0, 0.1) is 17.6 Å². The topological polar surface area (TPSA) is 32.7 Å². The summed E-state index contributed by atoms with van der Waals surface area (Å²) in [6.45, 7) is 0. The molecule has 0 saturated heterocycles. The van der Waals surface area contributed by atoms with E-state index in [0.717, 1.165) is 41.7 Å². The molecule has 144 valence electrons. The molecule has 1 heterocycles. The van der Waals surface area contributed by atoms with Crippen molar-refractivity contribution in [1.82, 2.24) is 5.01 Å². The van der Waals surface area contributed by atoms with Crippen LogP contribution >= 0.6 is 11.6 Å². The predicted octanol–water partition coefficient (Wildman–Crippen LogP) is 5.33. The van der Waals surface area contributed by atoms with Crippen LogP contribution in [-0.2, 0) is 4.79 Å². The molecular formula is C22H19ClF2N2O. The summed E-state index contributed by atoms with van der Waals surface area (Å²) in [7, 11) is 0. The van der Waals surface area contributed by atoms with Crippen molar-refractivity contribution in [3.8, 4) is 0 Å². The highest BCUT2D eigenvalue weighted by Crippen LogP contribution is 2.44. The third kappa shape index (κ3) is 3.59. The largest absolute Gasteiger partial charge is 0.272 e. The lowest BCUT2D eigenvalue weighted by Gasteiger charge is -2.29. The zero-order valence-electron chi connectivity index (χ0n) is 15.1. The summed E-state index contributed by atoms with van der Waals surface area (Å²) < 4.78 is 26.6. The Hall–Kier alpha value is -2.53. The fourth-order valence-corrected chi connectivity index (χ4v) is 4.14. The van der Waals surface area contributed by atoms with Gasteiger partial charge < -0.3 is 0 Å². The van der Waals surface area contributed by atoms with Crippen LogP contribution in [0.1, 0.15) is 36.4 Å². The Kier molecular flexibility index (Phi) is 5.27. The van der Waals surface area contributed by atoms with E-state index in [-0.39, 0.29) is 35.4 Å². The van der Waals surface area contributed by atoms with Crippen LogP contribution < -0.4 is 0 Å². The Bertz CT molecular complexity index is 938. The average molecular weight is 401 g/mol. The van der Waals surface area contributed by atoms with Crippen LogP contribution in [0.25, 0.3) is 6.08 Å². The summed E-state index contributed by atoms with van der Waals surface area (Å²) in [5.41, 5.74) is 3.63. The van der Waals surface area contributed by atoms with Gasteiger partial charge in [0.2, 0.25) is 0 Å². The molecule has 6 heteroatoms. The summed E-state index contributed by atoms with van der Waals surface area (Å²) in [5.74, 6) is -1.02.